The van der Waals surface area contributed by atoms with Gasteiger partial charge in [0.25, 0.3) is 0 Å². The summed E-state index contributed by atoms with van der Waals surface area (Å²) in [5.41, 5.74) is 2.18. The van der Waals surface area contributed by atoms with Crippen molar-refractivity contribution < 1.29 is 13.9 Å². The van der Waals surface area contributed by atoms with E-state index in [0.717, 1.165) is 23.1 Å². The van der Waals surface area contributed by atoms with Crippen molar-refractivity contribution in [1.29, 1.82) is 0 Å². The third-order valence-corrected chi connectivity index (χ3v) is 4.36. The number of hydrogen-bond donors (Lipinski definition) is 0. The van der Waals surface area contributed by atoms with Crippen LogP contribution in [0, 0.1) is 5.82 Å². The van der Waals surface area contributed by atoms with Crippen molar-refractivity contribution in [3.8, 4) is 5.75 Å². The molecule has 0 aliphatic carbocycles. The first-order valence-corrected chi connectivity index (χ1v) is 8.40. The minimum absolute atomic E-state index is 0.0863. The number of rotatable bonds is 5. The van der Waals surface area contributed by atoms with E-state index in [9.17, 15) is 9.18 Å². The first kappa shape index (κ1) is 16.0. The van der Waals surface area contributed by atoms with E-state index in [-0.39, 0.29) is 17.5 Å². The molecule has 23 heavy (non-hydrogen) atoms. The van der Waals surface area contributed by atoms with E-state index in [0.29, 0.717) is 19.4 Å². The Balaban J connectivity index is 1.50. The maximum atomic E-state index is 13.4. The van der Waals surface area contributed by atoms with Gasteiger partial charge in [0.1, 0.15) is 0 Å². The highest BCUT2D eigenvalue weighted by Gasteiger charge is 2.24. The van der Waals surface area contributed by atoms with Gasteiger partial charge in [0.05, 0.1) is 6.61 Å². The molecule has 2 aromatic carbocycles. The lowest BCUT2D eigenvalue weighted by molar-refractivity contribution is -0.118. The van der Waals surface area contributed by atoms with Crippen molar-refractivity contribution in [3.63, 3.8) is 0 Å². The van der Waals surface area contributed by atoms with Crippen LogP contribution in [0.5, 0.6) is 5.75 Å². The summed E-state index contributed by atoms with van der Waals surface area (Å²) >= 11 is 3.45. The van der Waals surface area contributed by atoms with Gasteiger partial charge < -0.3 is 9.64 Å². The molecule has 0 saturated carbocycles. The topological polar surface area (TPSA) is 29.5 Å². The van der Waals surface area contributed by atoms with Crippen LogP contribution in [0.3, 0.4) is 0 Å². The van der Waals surface area contributed by atoms with Gasteiger partial charge in [0.15, 0.2) is 11.6 Å². The van der Waals surface area contributed by atoms with Gasteiger partial charge in [-0.15, -0.1) is 0 Å². The molecule has 0 fully saturated rings. The van der Waals surface area contributed by atoms with Gasteiger partial charge in [-0.3, -0.25) is 4.79 Å². The van der Waals surface area contributed by atoms with Crippen LogP contribution in [0.25, 0.3) is 0 Å². The highest BCUT2D eigenvalue weighted by Crippen LogP contribution is 2.31. The number of fused-ring (bicyclic) bond motifs is 1. The number of carbonyl (C=O) groups is 1. The summed E-state index contributed by atoms with van der Waals surface area (Å²) in [5, 5.41) is 0. The van der Waals surface area contributed by atoms with E-state index in [2.05, 4.69) is 22.0 Å². The number of ether oxygens (including phenoxy) is 1. The molecular formula is C18H17BrFNO2. The fraction of sp³-hybridized carbons (Fsp3) is 0.278. The second-order valence-corrected chi connectivity index (χ2v) is 6.37. The summed E-state index contributed by atoms with van der Waals surface area (Å²) < 4.78 is 19.8. The zero-order valence-electron chi connectivity index (χ0n) is 12.6. The predicted octanol–water partition coefficient (Wildman–Crippen LogP) is 4.34. The quantitative estimate of drug-likeness (QED) is 0.725. The molecule has 0 atom stereocenters. The molecule has 0 aromatic heterocycles. The van der Waals surface area contributed by atoms with E-state index in [4.69, 9.17) is 4.74 Å². The monoisotopic (exact) mass is 377 g/mol. The number of amides is 1. The molecule has 1 aliphatic heterocycles. The van der Waals surface area contributed by atoms with Crippen molar-refractivity contribution in [2.24, 2.45) is 0 Å². The van der Waals surface area contributed by atoms with Crippen LogP contribution in [0.1, 0.15) is 18.4 Å². The van der Waals surface area contributed by atoms with Crippen molar-refractivity contribution in [1.82, 2.24) is 0 Å². The number of hydrogen-bond acceptors (Lipinski definition) is 2. The van der Waals surface area contributed by atoms with E-state index in [1.807, 2.05) is 17.0 Å². The van der Waals surface area contributed by atoms with Gasteiger partial charge in [-0.05, 0) is 48.7 Å². The van der Waals surface area contributed by atoms with Crippen molar-refractivity contribution in [3.05, 3.63) is 58.3 Å². The fourth-order valence-electron chi connectivity index (χ4n) is 2.73. The summed E-state index contributed by atoms with van der Waals surface area (Å²) in [4.78, 5) is 14.2. The maximum absolute atomic E-state index is 13.4. The number of para-hydroxylation sites is 1. The highest BCUT2D eigenvalue weighted by molar-refractivity contribution is 9.10. The molecule has 1 amide bonds. The third kappa shape index (κ3) is 3.72. The lowest BCUT2D eigenvalue weighted by Gasteiger charge is -2.17. The fourth-order valence-corrected chi connectivity index (χ4v) is 3.14. The molecule has 2 aromatic rings. The molecule has 3 nitrogen and oxygen atoms in total. The minimum Gasteiger partial charge on any atom is -0.491 e. The Labute approximate surface area is 143 Å². The molecule has 1 heterocycles. The Morgan fingerprint density at radius 2 is 2.09 bits per heavy atom. The number of halogens is 2. The number of anilines is 1. The van der Waals surface area contributed by atoms with Crippen LogP contribution in [-0.2, 0) is 11.2 Å². The Morgan fingerprint density at radius 3 is 2.91 bits per heavy atom. The Morgan fingerprint density at radius 1 is 1.26 bits per heavy atom. The molecule has 0 unspecified atom stereocenters. The van der Waals surface area contributed by atoms with E-state index in [1.54, 1.807) is 18.2 Å². The molecule has 5 heteroatoms. The van der Waals surface area contributed by atoms with E-state index >= 15 is 0 Å². The average Bonchev–Trinajstić information content (AvgIpc) is 2.96. The summed E-state index contributed by atoms with van der Waals surface area (Å²) in [6.45, 7) is 1.05. The molecule has 1 aliphatic rings. The van der Waals surface area contributed by atoms with Crippen LogP contribution in [0.2, 0.25) is 0 Å². The van der Waals surface area contributed by atoms with Crippen LogP contribution < -0.4 is 9.64 Å². The molecule has 0 saturated heterocycles. The standard InChI is InChI=1S/C18H17BrFNO2/c19-14-7-8-16-13(12-14)9-10-21(16)18(22)6-3-11-23-17-5-2-1-4-15(17)20/h1-2,4-5,7-8,12H,3,6,9-11H2. The summed E-state index contributed by atoms with van der Waals surface area (Å²) in [6.07, 6.45) is 1.84. The Bertz CT molecular complexity index is 720. The van der Waals surface area contributed by atoms with Gasteiger partial charge >= 0.3 is 0 Å². The lowest BCUT2D eigenvalue weighted by Crippen LogP contribution is -2.28. The van der Waals surface area contributed by atoms with Gasteiger partial charge in [0, 0.05) is 23.1 Å². The lowest BCUT2D eigenvalue weighted by atomic mass is 10.2. The second kappa shape index (κ2) is 7.13. The van der Waals surface area contributed by atoms with E-state index in [1.165, 1.54) is 11.6 Å². The summed E-state index contributed by atoms with van der Waals surface area (Å²) in [6, 6.07) is 12.3. The molecule has 0 bridgehead atoms. The number of benzene rings is 2. The van der Waals surface area contributed by atoms with Crippen LogP contribution >= 0.6 is 15.9 Å². The van der Waals surface area contributed by atoms with Gasteiger partial charge in [0.2, 0.25) is 5.91 Å². The first-order valence-electron chi connectivity index (χ1n) is 7.61. The second-order valence-electron chi connectivity index (χ2n) is 5.45. The Kier molecular flexibility index (Phi) is 4.96. The smallest absolute Gasteiger partial charge is 0.227 e. The highest BCUT2D eigenvalue weighted by atomic mass is 79.9. The van der Waals surface area contributed by atoms with Gasteiger partial charge in [-0.25, -0.2) is 4.39 Å². The number of carbonyl (C=O) groups excluding carboxylic acids is 1. The van der Waals surface area contributed by atoms with Crippen molar-refractivity contribution in [2.45, 2.75) is 19.3 Å². The Hall–Kier alpha value is -1.88. The predicted molar refractivity (Wildman–Crippen MR) is 91.3 cm³/mol. The molecule has 3 rings (SSSR count). The third-order valence-electron chi connectivity index (χ3n) is 3.87. The molecule has 0 radical (unpaired) electrons. The molecule has 120 valence electrons. The van der Waals surface area contributed by atoms with Gasteiger partial charge in [-0.1, -0.05) is 28.1 Å². The van der Waals surface area contributed by atoms with Crippen LogP contribution in [0.4, 0.5) is 10.1 Å². The van der Waals surface area contributed by atoms with Crippen LogP contribution in [-0.4, -0.2) is 19.1 Å². The molecular weight excluding hydrogens is 361 g/mol. The zero-order valence-corrected chi connectivity index (χ0v) is 14.2. The molecule has 0 spiro atoms. The zero-order chi connectivity index (χ0) is 16.2. The summed E-state index contributed by atoms with van der Waals surface area (Å²) in [7, 11) is 0. The average molecular weight is 378 g/mol. The normalized spacial score (nSPS) is 13.0. The maximum Gasteiger partial charge on any atom is 0.227 e. The number of nitrogens with zero attached hydrogens (tertiary/aromatic N) is 1. The minimum atomic E-state index is -0.377. The van der Waals surface area contributed by atoms with Crippen molar-refractivity contribution >= 4 is 27.5 Å². The van der Waals surface area contributed by atoms with Crippen LogP contribution in [0.15, 0.2) is 46.9 Å². The van der Waals surface area contributed by atoms with Gasteiger partial charge in [-0.2, -0.15) is 0 Å². The largest absolute Gasteiger partial charge is 0.491 e. The van der Waals surface area contributed by atoms with E-state index < -0.39 is 0 Å². The van der Waals surface area contributed by atoms with Crippen molar-refractivity contribution in [2.75, 3.05) is 18.1 Å². The SMILES string of the molecule is O=C(CCCOc1ccccc1F)N1CCc2cc(Br)ccc21. The summed E-state index contributed by atoms with van der Waals surface area (Å²) in [5.74, 6) is -0.0580. The first-order chi connectivity index (χ1) is 11.1. The molecule has 0 N–H and O–H groups in total.